The van der Waals surface area contributed by atoms with Gasteiger partial charge in [-0.05, 0) is 26.2 Å². The molecule has 0 saturated carbocycles. The van der Waals surface area contributed by atoms with E-state index in [0.29, 0.717) is 25.9 Å². The third-order valence-electron chi connectivity index (χ3n) is 3.46. The van der Waals surface area contributed by atoms with Crippen molar-refractivity contribution in [3.63, 3.8) is 0 Å². The van der Waals surface area contributed by atoms with Gasteiger partial charge in [-0.3, -0.25) is 24.1 Å². The summed E-state index contributed by atoms with van der Waals surface area (Å²) in [7, 11) is 0. The van der Waals surface area contributed by atoms with Gasteiger partial charge in [0.2, 0.25) is 11.8 Å². The average Bonchev–Trinajstić information content (AvgIpc) is 2.83. The van der Waals surface area contributed by atoms with Crippen molar-refractivity contribution in [1.82, 2.24) is 15.5 Å². The van der Waals surface area contributed by atoms with Crippen molar-refractivity contribution in [3.8, 4) is 0 Å². The number of hydrogen-bond acceptors (Lipinski definition) is 4. The predicted molar refractivity (Wildman–Crippen MR) is 85.3 cm³/mol. The van der Waals surface area contributed by atoms with E-state index in [1.807, 2.05) is 6.92 Å². The van der Waals surface area contributed by atoms with Crippen LogP contribution in [0.3, 0.4) is 0 Å². The second-order valence-electron chi connectivity index (χ2n) is 5.38. The smallest absolute Gasteiger partial charge is 0.253 e. The van der Waals surface area contributed by atoms with Crippen LogP contribution in [0.2, 0.25) is 0 Å². The van der Waals surface area contributed by atoms with E-state index in [4.69, 9.17) is 0 Å². The van der Waals surface area contributed by atoms with E-state index in [1.54, 1.807) is 0 Å². The molecule has 0 aromatic rings. The number of carbonyl (C=O) groups excluding carboxylic acids is 4. The van der Waals surface area contributed by atoms with Crippen molar-refractivity contribution < 1.29 is 19.2 Å². The molecular formula is C16H25N3O4. The van der Waals surface area contributed by atoms with Crippen LogP contribution in [0.25, 0.3) is 0 Å². The lowest BCUT2D eigenvalue weighted by atomic mass is 10.2. The average molecular weight is 323 g/mol. The monoisotopic (exact) mass is 323 g/mol. The molecule has 1 rings (SSSR count). The number of carbonyl (C=O) groups is 4. The first-order chi connectivity index (χ1) is 11.0. The van der Waals surface area contributed by atoms with Gasteiger partial charge in [-0.2, -0.15) is 0 Å². The van der Waals surface area contributed by atoms with Crippen molar-refractivity contribution in [3.05, 3.63) is 12.2 Å². The highest BCUT2D eigenvalue weighted by molar-refractivity contribution is 6.12. The van der Waals surface area contributed by atoms with Crippen LogP contribution in [0.4, 0.5) is 0 Å². The van der Waals surface area contributed by atoms with Gasteiger partial charge in [-0.1, -0.05) is 6.42 Å². The molecule has 0 unspecified atom stereocenters. The molecule has 0 radical (unpaired) electrons. The number of rotatable bonds is 11. The zero-order chi connectivity index (χ0) is 17.1. The molecule has 4 amide bonds. The molecule has 0 aromatic heterocycles. The highest BCUT2D eigenvalue weighted by atomic mass is 16.2. The van der Waals surface area contributed by atoms with Crippen LogP contribution in [0.5, 0.6) is 0 Å². The molecule has 128 valence electrons. The number of nitrogens with one attached hydrogen (secondary N) is 2. The fraction of sp³-hybridized carbons (Fsp3) is 0.625. The number of unbranched alkanes of at least 4 members (excludes halogenated alkanes) is 2. The summed E-state index contributed by atoms with van der Waals surface area (Å²) in [4.78, 5) is 46.6. The van der Waals surface area contributed by atoms with E-state index < -0.39 is 0 Å². The normalized spacial score (nSPS) is 13.5. The molecule has 23 heavy (non-hydrogen) atoms. The number of hydrogen-bond donors (Lipinski definition) is 2. The summed E-state index contributed by atoms with van der Waals surface area (Å²) in [5, 5.41) is 5.54. The fourth-order valence-corrected chi connectivity index (χ4v) is 2.24. The Hall–Kier alpha value is -2.18. The molecule has 2 N–H and O–H groups in total. The van der Waals surface area contributed by atoms with Gasteiger partial charge in [0.05, 0.1) is 0 Å². The Balaban J connectivity index is 1.97. The number of imide groups is 1. The fourth-order valence-electron chi connectivity index (χ4n) is 2.24. The minimum atomic E-state index is -0.317. The van der Waals surface area contributed by atoms with Crippen LogP contribution in [-0.2, 0) is 19.2 Å². The van der Waals surface area contributed by atoms with Crippen molar-refractivity contribution in [2.24, 2.45) is 0 Å². The molecule has 0 fully saturated rings. The Bertz CT molecular complexity index is 456. The molecule has 7 nitrogen and oxygen atoms in total. The van der Waals surface area contributed by atoms with Crippen molar-refractivity contribution in [1.29, 1.82) is 0 Å². The Morgan fingerprint density at radius 1 is 0.913 bits per heavy atom. The Labute approximate surface area is 136 Å². The Kier molecular flexibility index (Phi) is 8.64. The topological polar surface area (TPSA) is 95.6 Å². The van der Waals surface area contributed by atoms with E-state index in [1.165, 1.54) is 12.2 Å². The minimum absolute atomic E-state index is 0.0667. The van der Waals surface area contributed by atoms with Crippen LogP contribution in [0.15, 0.2) is 12.2 Å². The first-order valence-electron chi connectivity index (χ1n) is 8.11. The largest absolute Gasteiger partial charge is 0.356 e. The van der Waals surface area contributed by atoms with Crippen LogP contribution in [-0.4, -0.2) is 48.2 Å². The first kappa shape index (κ1) is 18.9. The standard InChI is InChI=1S/C16H25N3O4/c1-2-17-13(20)7-4-3-5-11-18-14(21)8-6-12-19-15(22)9-10-16(19)23/h9-10H,2-8,11-12H2,1H3,(H,17,20)(H,18,21). The summed E-state index contributed by atoms with van der Waals surface area (Å²) < 4.78 is 0. The van der Waals surface area contributed by atoms with E-state index in [0.717, 1.165) is 24.2 Å². The first-order valence-corrected chi connectivity index (χ1v) is 8.11. The van der Waals surface area contributed by atoms with Crippen LogP contribution in [0, 0.1) is 0 Å². The number of nitrogens with zero attached hydrogens (tertiary/aromatic N) is 1. The van der Waals surface area contributed by atoms with Gasteiger partial charge in [-0.15, -0.1) is 0 Å². The number of amides is 4. The lowest BCUT2D eigenvalue weighted by Crippen LogP contribution is -2.32. The van der Waals surface area contributed by atoms with Gasteiger partial charge >= 0.3 is 0 Å². The lowest BCUT2D eigenvalue weighted by molar-refractivity contribution is -0.137. The Morgan fingerprint density at radius 2 is 1.52 bits per heavy atom. The van der Waals surface area contributed by atoms with Crippen molar-refractivity contribution >= 4 is 23.6 Å². The molecule has 1 aliphatic rings. The molecule has 0 bridgehead atoms. The molecule has 0 spiro atoms. The van der Waals surface area contributed by atoms with Gasteiger partial charge < -0.3 is 10.6 Å². The second kappa shape index (κ2) is 10.5. The van der Waals surface area contributed by atoms with Crippen LogP contribution in [0.1, 0.15) is 45.4 Å². The second-order valence-corrected chi connectivity index (χ2v) is 5.38. The summed E-state index contributed by atoms with van der Waals surface area (Å²) in [5.41, 5.74) is 0. The molecule has 0 saturated heterocycles. The maximum atomic E-state index is 11.6. The van der Waals surface area contributed by atoms with E-state index in [9.17, 15) is 19.2 Å². The molecular weight excluding hydrogens is 298 g/mol. The summed E-state index contributed by atoms with van der Waals surface area (Å²) in [6, 6.07) is 0. The molecule has 7 heteroatoms. The van der Waals surface area contributed by atoms with Crippen molar-refractivity contribution in [2.45, 2.75) is 45.4 Å². The molecule has 1 aliphatic heterocycles. The van der Waals surface area contributed by atoms with E-state index in [-0.39, 0.29) is 36.6 Å². The third-order valence-corrected chi connectivity index (χ3v) is 3.46. The SMILES string of the molecule is CCNC(=O)CCCCCNC(=O)CCCN1C(=O)C=CC1=O. The van der Waals surface area contributed by atoms with Crippen LogP contribution < -0.4 is 10.6 Å². The summed E-state index contributed by atoms with van der Waals surface area (Å²) in [6.07, 6.45) is 6.28. The molecule has 1 heterocycles. The third kappa shape index (κ3) is 7.58. The minimum Gasteiger partial charge on any atom is -0.356 e. The summed E-state index contributed by atoms with van der Waals surface area (Å²) in [6.45, 7) is 3.39. The lowest BCUT2D eigenvalue weighted by Gasteiger charge is -2.13. The van der Waals surface area contributed by atoms with Crippen molar-refractivity contribution in [2.75, 3.05) is 19.6 Å². The van der Waals surface area contributed by atoms with Gasteiger partial charge in [0.15, 0.2) is 0 Å². The van der Waals surface area contributed by atoms with Gasteiger partial charge in [0.1, 0.15) is 0 Å². The maximum absolute atomic E-state index is 11.6. The summed E-state index contributed by atoms with van der Waals surface area (Å²) in [5.74, 6) is -0.650. The van der Waals surface area contributed by atoms with Gasteiger partial charge in [-0.25, -0.2) is 0 Å². The zero-order valence-corrected chi connectivity index (χ0v) is 13.6. The van der Waals surface area contributed by atoms with Gasteiger partial charge in [0, 0.05) is 44.6 Å². The Morgan fingerprint density at radius 3 is 2.17 bits per heavy atom. The predicted octanol–water partition coefficient (Wildman–Crippen LogP) is 0.504. The van der Waals surface area contributed by atoms with E-state index in [2.05, 4.69) is 10.6 Å². The highest BCUT2D eigenvalue weighted by Crippen LogP contribution is 2.05. The zero-order valence-electron chi connectivity index (χ0n) is 13.6. The molecule has 0 aromatic carbocycles. The summed E-state index contributed by atoms with van der Waals surface area (Å²) >= 11 is 0. The van der Waals surface area contributed by atoms with Gasteiger partial charge in [0.25, 0.3) is 11.8 Å². The van der Waals surface area contributed by atoms with E-state index >= 15 is 0 Å². The molecule has 0 atom stereocenters. The highest BCUT2D eigenvalue weighted by Gasteiger charge is 2.22. The quantitative estimate of drug-likeness (QED) is 0.428. The molecule has 0 aliphatic carbocycles. The maximum Gasteiger partial charge on any atom is 0.253 e. The van der Waals surface area contributed by atoms with Crippen LogP contribution >= 0.6 is 0 Å².